The fourth-order valence-electron chi connectivity index (χ4n) is 2.35. The Hall–Kier alpha value is -1.30. The Bertz CT molecular complexity index is 521. The first-order valence-electron chi connectivity index (χ1n) is 6.57. The summed E-state index contributed by atoms with van der Waals surface area (Å²) in [4.78, 5) is 14.1. The first-order valence-corrected chi connectivity index (χ1v) is 8.39. The standard InChI is InChI=1S/C13H19NO4S/c1-2-3-6-14(12-5-8-19(16,17)10-12)13(15)11-4-7-18-9-11/h4,7,9,12H,2-3,5-6,8,10H2,1H3. The molecule has 1 saturated heterocycles. The molecule has 1 aromatic rings. The topological polar surface area (TPSA) is 67.6 Å². The highest BCUT2D eigenvalue weighted by atomic mass is 32.2. The highest BCUT2D eigenvalue weighted by Crippen LogP contribution is 2.20. The molecule has 106 valence electrons. The Morgan fingerprint density at radius 3 is 2.84 bits per heavy atom. The minimum atomic E-state index is -2.99. The van der Waals surface area contributed by atoms with Crippen molar-refractivity contribution >= 4 is 15.7 Å². The van der Waals surface area contributed by atoms with Crippen molar-refractivity contribution in [2.24, 2.45) is 0 Å². The highest BCUT2D eigenvalue weighted by Gasteiger charge is 2.34. The lowest BCUT2D eigenvalue weighted by Gasteiger charge is -2.27. The quantitative estimate of drug-likeness (QED) is 0.826. The molecule has 0 saturated carbocycles. The van der Waals surface area contributed by atoms with E-state index in [1.165, 1.54) is 12.5 Å². The van der Waals surface area contributed by atoms with Gasteiger partial charge in [0.25, 0.3) is 5.91 Å². The molecular formula is C13H19NO4S. The molecule has 1 amide bonds. The third kappa shape index (κ3) is 3.37. The van der Waals surface area contributed by atoms with Crippen LogP contribution in [0.1, 0.15) is 36.5 Å². The number of nitrogens with zero attached hydrogens (tertiary/aromatic N) is 1. The minimum Gasteiger partial charge on any atom is -0.472 e. The van der Waals surface area contributed by atoms with E-state index in [9.17, 15) is 13.2 Å². The molecule has 0 radical (unpaired) electrons. The molecule has 2 heterocycles. The second-order valence-corrected chi connectivity index (χ2v) is 7.15. The normalized spacial score (nSPS) is 21.4. The van der Waals surface area contributed by atoms with Gasteiger partial charge in [0.05, 0.1) is 23.3 Å². The average molecular weight is 285 g/mol. The van der Waals surface area contributed by atoms with E-state index >= 15 is 0 Å². The van der Waals surface area contributed by atoms with Crippen molar-refractivity contribution in [3.05, 3.63) is 24.2 Å². The van der Waals surface area contributed by atoms with Gasteiger partial charge < -0.3 is 9.32 Å². The SMILES string of the molecule is CCCCN(C(=O)c1ccoc1)C1CCS(=O)(=O)C1. The third-order valence-electron chi connectivity index (χ3n) is 3.43. The van der Waals surface area contributed by atoms with E-state index in [-0.39, 0.29) is 23.5 Å². The van der Waals surface area contributed by atoms with Gasteiger partial charge in [0.1, 0.15) is 6.26 Å². The summed E-state index contributed by atoms with van der Waals surface area (Å²) in [6, 6.07) is 1.42. The zero-order valence-corrected chi connectivity index (χ0v) is 11.9. The van der Waals surface area contributed by atoms with Gasteiger partial charge >= 0.3 is 0 Å². The smallest absolute Gasteiger partial charge is 0.257 e. The Balaban J connectivity index is 2.14. The fourth-order valence-corrected chi connectivity index (χ4v) is 4.08. The van der Waals surface area contributed by atoms with E-state index < -0.39 is 9.84 Å². The number of hydrogen-bond donors (Lipinski definition) is 0. The zero-order chi connectivity index (χ0) is 13.9. The summed E-state index contributed by atoms with van der Waals surface area (Å²) < 4.78 is 28.1. The first-order chi connectivity index (χ1) is 9.03. The summed E-state index contributed by atoms with van der Waals surface area (Å²) in [5.74, 6) is 0.128. The molecule has 1 unspecified atom stereocenters. The van der Waals surface area contributed by atoms with Gasteiger partial charge in [-0.15, -0.1) is 0 Å². The molecule has 0 spiro atoms. The zero-order valence-electron chi connectivity index (χ0n) is 11.0. The van der Waals surface area contributed by atoms with Crippen LogP contribution >= 0.6 is 0 Å². The van der Waals surface area contributed by atoms with Gasteiger partial charge in [-0.2, -0.15) is 0 Å². The molecule has 0 N–H and O–H groups in total. The van der Waals surface area contributed by atoms with Crippen LogP contribution in [0.15, 0.2) is 23.0 Å². The van der Waals surface area contributed by atoms with Crippen LogP contribution < -0.4 is 0 Å². The molecule has 6 heteroatoms. The maximum atomic E-state index is 12.4. The maximum Gasteiger partial charge on any atom is 0.257 e. The number of unbranched alkanes of at least 4 members (excludes halogenated alkanes) is 1. The predicted octanol–water partition coefficient (Wildman–Crippen LogP) is 1.71. The lowest BCUT2D eigenvalue weighted by molar-refractivity contribution is 0.0693. The summed E-state index contributed by atoms with van der Waals surface area (Å²) >= 11 is 0. The molecular weight excluding hydrogens is 266 g/mol. The van der Waals surface area contributed by atoms with E-state index in [0.717, 1.165) is 12.8 Å². The fraction of sp³-hybridized carbons (Fsp3) is 0.615. The lowest BCUT2D eigenvalue weighted by Crippen LogP contribution is -2.41. The van der Waals surface area contributed by atoms with Crippen LogP contribution in [0.3, 0.4) is 0 Å². The number of carbonyl (C=O) groups excluding carboxylic acids is 1. The molecule has 1 aliphatic rings. The van der Waals surface area contributed by atoms with E-state index in [2.05, 4.69) is 0 Å². The number of carbonyl (C=O) groups is 1. The van der Waals surface area contributed by atoms with Crippen LogP contribution in [-0.4, -0.2) is 43.3 Å². The van der Waals surface area contributed by atoms with Crippen LogP contribution in [0, 0.1) is 0 Å². The van der Waals surface area contributed by atoms with Crippen LogP contribution in [0.25, 0.3) is 0 Å². The number of amides is 1. The number of furan rings is 1. The maximum absolute atomic E-state index is 12.4. The Labute approximate surface area is 113 Å². The van der Waals surface area contributed by atoms with Crippen LogP contribution in [0.2, 0.25) is 0 Å². The first kappa shape index (κ1) is 14.1. The van der Waals surface area contributed by atoms with Crippen molar-refractivity contribution in [2.45, 2.75) is 32.2 Å². The summed E-state index contributed by atoms with van der Waals surface area (Å²) in [5, 5.41) is 0. The highest BCUT2D eigenvalue weighted by molar-refractivity contribution is 7.91. The Morgan fingerprint density at radius 2 is 2.32 bits per heavy atom. The molecule has 1 fully saturated rings. The summed E-state index contributed by atoms with van der Waals surface area (Å²) in [7, 11) is -2.99. The molecule has 5 nitrogen and oxygen atoms in total. The van der Waals surface area contributed by atoms with Gasteiger partial charge in [-0.3, -0.25) is 4.79 Å². The lowest BCUT2D eigenvalue weighted by atomic mass is 10.1. The van der Waals surface area contributed by atoms with Crippen LogP contribution in [0.5, 0.6) is 0 Å². The van der Waals surface area contributed by atoms with Gasteiger partial charge in [0, 0.05) is 12.6 Å². The molecule has 19 heavy (non-hydrogen) atoms. The van der Waals surface area contributed by atoms with Crippen LogP contribution in [-0.2, 0) is 9.84 Å². The molecule has 0 bridgehead atoms. The third-order valence-corrected chi connectivity index (χ3v) is 5.18. The summed E-state index contributed by atoms with van der Waals surface area (Å²) in [6.07, 6.45) is 5.24. The molecule has 2 rings (SSSR count). The van der Waals surface area contributed by atoms with Gasteiger partial charge in [-0.1, -0.05) is 13.3 Å². The van der Waals surface area contributed by atoms with E-state index in [4.69, 9.17) is 4.42 Å². The van der Waals surface area contributed by atoms with Gasteiger partial charge in [-0.05, 0) is 18.9 Å². The monoisotopic (exact) mass is 285 g/mol. The van der Waals surface area contributed by atoms with Gasteiger partial charge in [0.15, 0.2) is 9.84 Å². The Morgan fingerprint density at radius 1 is 1.53 bits per heavy atom. The second-order valence-electron chi connectivity index (χ2n) is 4.92. The van der Waals surface area contributed by atoms with E-state index in [0.29, 0.717) is 18.5 Å². The Kier molecular flexibility index (Phi) is 4.29. The molecule has 1 aromatic heterocycles. The summed E-state index contributed by atoms with van der Waals surface area (Å²) in [6.45, 7) is 2.65. The number of hydrogen-bond acceptors (Lipinski definition) is 4. The molecule has 0 aromatic carbocycles. The van der Waals surface area contributed by atoms with Crippen molar-refractivity contribution in [3.63, 3.8) is 0 Å². The van der Waals surface area contributed by atoms with E-state index in [1.54, 1.807) is 11.0 Å². The number of rotatable bonds is 5. The molecule has 1 aliphatic heterocycles. The van der Waals surface area contributed by atoms with Crippen molar-refractivity contribution < 1.29 is 17.6 Å². The second kappa shape index (κ2) is 5.77. The molecule has 0 aliphatic carbocycles. The van der Waals surface area contributed by atoms with Crippen molar-refractivity contribution in [3.8, 4) is 0 Å². The molecule has 1 atom stereocenters. The van der Waals surface area contributed by atoms with E-state index in [1.807, 2.05) is 6.92 Å². The van der Waals surface area contributed by atoms with Gasteiger partial charge in [-0.25, -0.2) is 8.42 Å². The van der Waals surface area contributed by atoms with Crippen molar-refractivity contribution in [2.75, 3.05) is 18.1 Å². The van der Waals surface area contributed by atoms with Crippen molar-refractivity contribution in [1.29, 1.82) is 0 Å². The largest absolute Gasteiger partial charge is 0.472 e. The van der Waals surface area contributed by atoms with Crippen molar-refractivity contribution in [1.82, 2.24) is 4.90 Å². The summed E-state index contributed by atoms with van der Waals surface area (Å²) in [5.41, 5.74) is 0.486. The minimum absolute atomic E-state index is 0.0836. The van der Waals surface area contributed by atoms with Gasteiger partial charge in [0.2, 0.25) is 0 Å². The predicted molar refractivity (Wildman–Crippen MR) is 71.7 cm³/mol. The number of sulfone groups is 1. The average Bonchev–Trinajstić information content (AvgIpc) is 2.99. The van der Waals surface area contributed by atoms with Crippen LogP contribution in [0.4, 0.5) is 0 Å².